The van der Waals surface area contributed by atoms with Crippen LogP contribution < -0.4 is 21.3 Å². The quantitative estimate of drug-likeness (QED) is 0.0195. The third kappa shape index (κ3) is 43.8. The molecule has 20 heteroatoms. The number of hydrogen-bond donors (Lipinski definition) is 9. The van der Waals surface area contributed by atoms with E-state index in [-0.39, 0.29) is 56.8 Å². The van der Waals surface area contributed by atoms with Gasteiger partial charge in [0.2, 0.25) is 0 Å². The van der Waals surface area contributed by atoms with Crippen molar-refractivity contribution in [3.63, 3.8) is 0 Å². The van der Waals surface area contributed by atoms with Crippen molar-refractivity contribution in [2.45, 2.75) is 109 Å². The lowest BCUT2D eigenvalue weighted by molar-refractivity contribution is 0.145. The van der Waals surface area contributed by atoms with Crippen LogP contribution in [-0.4, -0.2) is 191 Å². The molecule has 0 heterocycles. The van der Waals surface area contributed by atoms with Gasteiger partial charge in [-0.05, 0) is 139 Å². The Kier molecular flexibility index (Phi) is 46.7. The third-order valence-electron chi connectivity index (χ3n) is 9.85. The molecule has 9 N–H and O–H groups in total. The fraction of sp³-hybridized carbons (Fsp3) is 0.907. The van der Waals surface area contributed by atoms with Gasteiger partial charge in [0, 0.05) is 59.2 Å². The molecule has 0 atom stereocenters. The SMILES string of the molecule is O=C(NCCCCCCNC(=O)OCCCP(CCCO)CCCOC(=O)NCCCCCCNC(=O)OCCCP(CCCO)CCCO)OCCCP(CCCO)CCCO. The highest BCUT2D eigenvalue weighted by atomic mass is 31.1. The highest BCUT2D eigenvalue weighted by molar-refractivity contribution is 7.58. The highest BCUT2D eigenvalue weighted by Gasteiger charge is 2.12. The summed E-state index contributed by atoms with van der Waals surface area (Å²) >= 11 is 0. The molecule has 0 aromatic heterocycles. The molecule has 0 aliphatic heterocycles. The maximum atomic E-state index is 12.1. The lowest BCUT2D eigenvalue weighted by atomic mass is 10.2. The molecule has 0 aliphatic rings. The zero-order chi connectivity index (χ0) is 46.3. The second kappa shape index (κ2) is 48.1. The average Bonchev–Trinajstić information content (AvgIpc) is 3.28. The van der Waals surface area contributed by atoms with E-state index in [9.17, 15) is 24.3 Å². The van der Waals surface area contributed by atoms with Gasteiger partial charge in [-0.1, -0.05) is 25.7 Å². The molecule has 0 aromatic rings. The predicted molar refractivity (Wildman–Crippen MR) is 256 cm³/mol. The van der Waals surface area contributed by atoms with Crippen LogP contribution in [0.4, 0.5) is 19.2 Å². The van der Waals surface area contributed by atoms with Crippen LogP contribution in [0.2, 0.25) is 0 Å². The maximum absolute atomic E-state index is 12.1. The number of aliphatic hydroxyl groups excluding tert-OH is 5. The van der Waals surface area contributed by atoms with Crippen LogP contribution in [0.5, 0.6) is 0 Å². The Bertz CT molecular complexity index is 986. The van der Waals surface area contributed by atoms with Gasteiger partial charge >= 0.3 is 24.4 Å². The zero-order valence-corrected chi connectivity index (χ0v) is 41.1. The molecule has 0 saturated heterocycles. The smallest absolute Gasteiger partial charge is 0.407 e. The summed E-state index contributed by atoms with van der Waals surface area (Å²) in [5, 5.41) is 56.8. The summed E-state index contributed by atoms with van der Waals surface area (Å²) in [4.78, 5) is 48.1. The normalized spacial score (nSPS) is 11.2. The van der Waals surface area contributed by atoms with E-state index >= 15 is 0 Å². The van der Waals surface area contributed by atoms with Crippen LogP contribution in [0, 0.1) is 0 Å². The van der Waals surface area contributed by atoms with Gasteiger partial charge in [0.25, 0.3) is 0 Å². The Labute approximate surface area is 382 Å². The van der Waals surface area contributed by atoms with Crippen LogP contribution in [0.3, 0.4) is 0 Å². The van der Waals surface area contributed by atoms with Gasteiger partial charge in [-0.3, -0.25) is 0 Å². The van der Waals surface area contributed by atoms with Crippen molar-refractivity contribution < 1.29 is 63.7 Å². The van der Waals surface area contributed by atoms with Crippen molar-refractivity contribution in [1.82, 2.24) is 21.3 Å². The van der Waals surface area contributed by atoms with Crippen LogP contribution >= 0.6 is 23.8 Å². The summed E-state index contributed by atoms with van der Waals surface area (Å²) < 4.78 is 21.3. The molecular formula is C43H87N4O13P3. The number of unbranched alkanes of at least 4 members (excludes halogenated alkanes) is 6. The fourth-order valence-corrected chi connectivity index (χ4v) is 13.7. The van der Waals surface area contributed by atoms with E-state index in [1.54, 1.807) is 0 Å². The van der Waals surface area contributed by atoms with Gasteiger partial charge in [-0.2, -0.15) is 0 Å². The standard InChI is InChI=1S/C43H87N4O13P3/c48-22-9-31-61(32-10-23-49)36-14-27-57-40(53)44-18-5-1-3-7-20-46-42(55)59-29-16-38-63(35-13-26-52)39-17-30-60-43(56)47-21-8-4-2-6-19-45-41(54)58-28-15-37-62(33-11-24-50)34-12-25-51/h48-52H,1-39H2,(H,44,53)(H,45,54)(H,46,55)(H,47,56). The first-order chi connectivity index (χ1) is 30.8. The van der Waals surface area contributed by atoms with Crippen LogP contribution in [0.25, 0.3) is 0 Å². The molecule has 17 nitrogen and oxygen atoms in total. The molecule has 0 aliphatic carbocycles. The molecular weight excluding hydrogens is 873 g/mol. The van der Waals surface area contributed by atoms with E-state index in [1.807, 2.05) is 0 Å². The molecule has 0 spiro atoms. The number of hydrogen-bond acceptors (Lipinski definition) is 13. The van der Waals surface area contributed by atoms with E-state index < -0.39 is 24.4 Å². The van der Waals surface area contributed by atoms with Gasteiger partial charge < -0.3 is 65.7 Å². The number of ether oxygens (including phenoxy) is 4. The summed E-state index contributed by atoms with van der Waals surface area (Å²) in [5.74, 6) is 0. The topological polar surface area (TPSA) is 254 Å². The Balaban J connectivity index is 3.83. The van der Waals surface area contributed by atoms with E-state index in [0.717, 1.165) is 165 Å². The summed E-state index contributed by atoms with van der Waals surface area (Å²) in [7, 11) is -0.871. The summed E-state index contributed by atoms with van der Waals surface area (Å²) in [6.45, 7) is 4.36. The molecule has 0 bridgehead atoms. The van der Waals surface area contributed by atoms with Crippen molar-refractivity contribution in [3.8, 4) is 0 Å². The van der Waals surface area contributed by atoms with Gasteiger partial charge in [0.1, 0.15) is 0 Å². The van der Waals surface area contributed by atoms with Gasteiger partial charge in [-0.25, -0.2) is 19.2 Å². The van der Waals surface area contributed by atoms with E-state index in [4.69, 9.17) is 39.4 Å². The largest absolute Gasteiger partial charge is 0.450 e. The van der Waals surface area contributed by atoms with Crippen LogP contribution in [0.1, 0.15) is 109 Å². The third-order valence-corrected chi connectivity index (χ3v) is 18.4. The Morgan fingerprint density at radius 1 is 0.286 bits per heavy atom. The Morgan fingerprint density at radius 2 is 0.476 bits per heavy atom. The Hall–Kier alpha value is -1.83. The predicted octanol–water partition coefficient (Wildman–Crippen LogP) is 5.93. The first-order valence-electron chi connectivity index (χ1n) is 23.6. The average molecular weight is 961 g/mol. The number of rotatable bonds is 45. The molecule has 0 radical (unpaired) electrons. The first-order valence-corrected chi connectivity index (χ1v) is 29.3. The van der Waals surface area contributed by atoms with Crippen molar-refractivity contribution in [1.29, 1.82) is 0 Å². The van der Waals surface area contributed by atoms with Crippen molar-refractivity contribution >= 4 is 48.1 Å². The number of carbonyl (C=O) groups is 4. The molecule has 0 saturated carbocycles. The van der Waals surface area contributed by atoms with Gasteiger partial charge in [0.15, 0.2) is 0 Å². The van der Waals surface area contributed by atoms with Crippen molar-refractivity contribution in [2.24, 2.45) is 0 Å². The maximum Gasteiger partial charge on any atom is 0.407 e. The summed E-state index contributed by atoms with van der Waals surface area (Å²) in [6.07, 6.45) is 20.7. The minimum Gasteiger partial charge on any atom is -0.450 e. The molecule has 0 rings (SSSR count). The second-order valence-corrected chi connectivity index (χ2v) is 23.5. The van der Waals surface area contributed by atoms with Crippen molar-refractivity contribution in [3.05, 3.63) is 0 Å². The number of amides is 4. The van der Waals surface area contributed by atoms with Crippen LogP contribution in [0.15, 0.2) is 0 Å². The summed E-state index contributed by atoms with van der Waals surface area (Å²) in [5.41, 5.74) is 0. The molecule has 63 heavy (non-hydrogen) atoms. The molecule has 0 unspecified atom stereocenters. The minimum absolute atomic E-state index is 0.132. The number of nitrogens with one attached hydrogen (secondary N) is 4. The van der Waals surface area contributed by atoms with E-state index in [2.05, 4.69) is 21.3 Å². The number of carbonyl (C=O) groups excluding carboxylic acids is 4. The lowest BCUT2D eigenvalue weighted by Gasteiger charge is -2.17. The molecule has 0 fully saturated rings. The highest BCUT2D eigenvalue weighted by Crippen LogP contribution is 2.39. The van der Waals surface area contributed by atoms with E-state index in [1.165, 1.54) is 0 Å². The lowest BCUT2D eigenvalue weighted by Crippen LogP contribution is -2.26. The monoisotopic (exact) mass is 961 g/mol. The fourth-order valence-electron chi connectivity index (χ4n) is 6.46. The second-order valence-electron chi connectivity index (χ2n) is 15.4. The van der Waals surface area contributed by atoms with Crippen molar-refractivity contribution in [2.75, 3.05) is 141 Å². The van der Waals surface area contributed by atoms with Crippen LogP contribution in [-0.2, 0) is 18.9 Å². The molecule has 0 aromatic carbocycles. The first kappa shape index (κ1) is 61.2. The number of aliphatic hydroxyl groups is 5. The van der Waals surface area contributed by atoms with Gasteiger partial charge in [0.05, 0.1) is 26.4 Å². The van der Waals surface area contributed by atoms with Gasteiger partial charge in [-0.15, -0.1) is 23.8 Å². The number of alkyl carbamates (subject to hydrolysis) is 4. The minimum atomic E-state index is -0.429. The Morgan fingerprint density at radius 3 is 0.667 bits per heavy atom. The zero-order valence-electron chi connectivity index (χ0n) is 38.4. The molecule has 4 amide bonds. The molecule has 372 valence electrons. The summed E-state index contributed by atoms with van der Waals surface area (Å²) in [6, 6.07) is 0. The van der Waals surface area contributed by atoms with E-state index in [0.29, 0.717) is 52.6 Å².